The van der Waals surface area contributed by atoms with Crippen LogP contribution in [0.5, 0.6) is 11.5 Å². The van der Waals surface area contributed by atoms with Crippen LogP contribution in [0.4, 0.5) is 0 Å². The predicted octanol–water partition coefficient (Wildman–Crippen LogP) is 4.76. The van der Waals surface area contributed by atoms with E-state index in [1.165, 1.54) is 5.56 Å². The van der Waals surface area contributed by atoms with Gasteiger partial charge in [-0.05, 0) is 54.3 Å². The van der Waals surface area contributed by atoms with E-state index in [0.29, 0.717) is 17.5 Å². The summed E-state index contributed by atoms with van der Waals surface area (Å²) >= 11 is 6.05. The molecule has 2 rings (SSSR count). The minimum Gasteiger partial charge on any atom is -0.457 e. The Kier molecular flexibility index (Phi) is 5.05. The second-order valence-corrected chi connectivity index (χ2v) is 5.56. The zero-order valence-electron chi connectivity index (χ0n) is 11.9. The highest BCUT2D eigenvalue weighted by Gasteiger charge is 2.07. The highest BCUT2D eigenvalue weighted by molar-refractivity contribution is 6.30. The number of halogens is 1. The molecule has 2 nitrogen and oxygen atoms in total. The Hall–Kier alpha value is -1.51. The third kappa shape index (κ3) is 3.75. The van der Waals surface area contributed by atoms with Crippen molar-refractivity contribution in [3.8, 4) is 11.5 Å². The minimum absolute atomic E-state index is 0.474. The molecule has 0 spiro atoms. The Morgan fingerprint density at radius 2 is 1.95 bits per heavy atom. The summed E-state index contributed by atoms with van der Waals surface area (Å²) in [7, 11) is 0. The van der Waals surface area contributed by atoms with Crippen LogP contribution in [0, 0.1) is 0 Å². The molecule has 0 aliphatic heterocycles. The van der Waals surface area contributed by atoms with Gasteiger partial charge in [-0.25, -0.2) is 0 Å². The molecular formula is C17H20ClNO. The van der Waals surface area contributed by atoms with Gasteiger partial charge in [-0.3, -0.25) is 0 Å². The molecule has 2 N–H and O–H groups in total. The van der Waals surface area contributed by atoms with Crippen molar-refractivity contribution < 1.29 is 4.74 Å². The van der Waals surface area contributed by atoms with Crippen LogP contribution in [0.15, 0.2) is 42.5 Å². The van der Waals surface area contributed by atoms with E-state index in [1.54, 1.807) is 0 Å². The van der Waals surface area contributed by atoms with Gasteiger partial charge in [0.1, 0.15) is 11.5 Å². The van der Waals surface area contributed by atoms with E-state index in [1.807, 2.05) is 30.3 Å². The highest BCUT2D eigenvalue weighted by atomic mass is 35.5. The molecular weight excluding hydrogens is 270 g/mol. The molecule has 0 aromatic heterocycles. The molecule has 0 heterocycles. The molecule has 0 atom stereocenters. The van der Waals surface area contributed by atoms with Gasteiger partial charge in [0.15, 0.2) is 0 Å². The Morgan fingerprint density at radius 1 is 1.15 bits per heavy atom. The van der Waals surface area contributed by atoms with Gasteiger partial charge in [0.2, 0.25) is 0 Å². The van der Waals surface area contributed by atoms with Crippen LogP contribution >= 0.6 is 11.6 Å². The fourth-order valence-electron chi connectivity index (χ4n) is 2.05. The van der Waals surface area contributed by atoms with Crippen molar-refractivity contribution in [1.82, 2.24) is 0 Å². The van der Waals surface area contributed by atoms with Crippen LogP contribution in [-0.2, 0) is 6.42 Å². The molecule has 0 amide bonds. The second kappa shape index (κ2) is 6.78. The molecule has 2 aromatic carbocycles. The Bertz CT molecular complexity index is 581. The quantitative estimate of drug-likeness (QED) is 0.861. The first-order valence-electron chi connectivity index (χ1n) is 6.86. The zero-order chi connectivity index (χ0) is 14.5. The fraction of sp³-hybridized carbons (Fsp3) is 0.294. The van der Waals surface area contributed by atoms with Gasteiger partial charge in [-0.15, -0.1) is 0 Å². The molecule has 20 heavy (non-hydrogen) atoms. The molecule has 0 fully saturated rings. The first kappa shape index (κ1) is 14.9. The monoisotopic (exact) mass is 289 g/mol. The molecule has 0 aliphatic rings. The van der Waals surface area contributed by atoms with Gasteiger partial charge in [-0.1, -0.05) is 43.6 Å². The number of hydrogen-bond acceptors (Lipinski definition) is 2. The Labute approximate surface area is 125 Å². The number of rotatable bonds is 5. The van der Waals surface area contributed by atoms with Crippen LogP contribution in [0.25, 0.3) is 0 Å². The van der Waals surface area contributed by atoms with E-state index in [0.717, 1.165) is 23.5 Å². The summed E-state index contributed by atoms with van der Waals surface area (Å²) in [6.45, 7) is 4.92. The maximum absolute atomic E-state index is 6.05. The lowest BCUT2D eigenvalue weighted by atomic mass is 10.0. The molecule has 0 unspecified atom stereocenters. The molecule has 106 valence electrons. The normalized spacial score (nSPS) is 10.8. The molecule has 0 aliphatic carbocycles. The molecule has 3 heteroatoms. The van der Waals surface area contributed by atoms with Crippen LogP contribution < -0.4 is 10.5 Å². The molecule has 0 saturated carbocycles. The van der Waals surface area contributed by atoms with Crippen molar-refractivity contribution in [3.63, 3.8) is 0 Å². The lowest BCUT2D eigenvalue weighted by molar-refractivity contribution is 0.475. The van der Waals surface area contributed by atoms with Crippen LogP contribution in [-0.4, -0.2) is 6.54 Å². The van der Waals surface area contributed by atoms with E-state index in [2.05, 4.69) is 26.0 Å². The van der Waals surface area contributed by atoms with Gasteiger partial charge in [0, 0.05) is 5.02 Å². The summed E-state index contributed by atoms with van der Waals surface area (Å²) in [6, 6.07) is 13.8. The van der Waals surface area contributed by atoms with Crippen molar-refractivity contribution in [1.29, 1.82) is 0 Å². The predicted molar refractivity (Wildman–Crippen MR) is 84.8 cm³/mol. The molecule has 0 radical (unpaired) electrons. The number of nitrogens with two attached hydrogens (primary N) is 1. The van der Waals surface area contributed by atoms with Crippen molar-refractivity contribution >= 4 is 11.6 Å². The van der Waals surface area contributed by atoms with E-state index in [9.17, 15) is 0 Å². The maximum atomic E-state index is 6.05. The third-order valence-corrected chi connectivity index (χ3v) is 3.43. The zero-order valence-corrected chi connectivity index (χ0v) is 12.7. The van der Waals surface area contributed by atoms with Crippen molar-refractivity contribution in [3.05, 3.63) is 58.6 Å². The summed E-state index contributed by atoms with van der Waals surface area (Å²) < 4.78 is 5.99. The van der Waals surface area contributed by atoms with Gasteiger partial charge >= 0.3 is 0 Å². The van der Waals surface area contributed by atoms with Crippen LogP contribution in [0.3, 0.4) is 0 Å². The van der Waals surface area contributed by atoms with E-state index >= 15 is 0 Å². The fourth-order valence-corrected chi connectivity index (χ4v) is 2.21. The summed E-state index contributed by atoms with van der Waals surface area (Å²) in [5, 5.41) is 0.667. The maximum Gasteiger partial charge on any atom is 0.132 e. The average molecular weight is 290 g/mol. The molecule has 0 saturated heterocycles. The SMILES string of the molecule is CC(C)c1cccc(Oc2cc(Cl)ccc2CCN)c1. The molecule has 0 bridgehead atoms. The molecule has 2 aromatic rings. The van der Waals surface area contributed by atoms with E-state index in [4.69, 9.17) is 22.1 Å². The van der Waals surface area contributed by atoms with Gasteiger partial charge in [-0.2, -0.15) is 0 Å². The Balaban J connectivity index is 2.29. The second-order valence-electron chi connectivity index (χ2n) is 5.12. The van der Waals surface area contributed by atoms with Gasteiger partial charge < -0.3 is 10.5 Å². The van der Waals surface area contributed by atoms with Crippen molar-refractivity contribution in [2.45, 2.75) is 26.2 Å². The first-order chi connectivity index (χ1) is 9.60. The van der Waals surface area contributed by atoms with Crippen LogP contribution in [0.1, 0.15) is 30.9 Å². The van der Waals surface area contributed by atoms with E-state index in [-0.39, 0.29) is 0 Å². The standard InChI is InChI=1S/C17H20ClNO/c1-12(2)14-4-3-5-16(10-14)20-17-11-15(18)7-6-13(17)8-9-19/h3-7,10-12H,8-9,19H2,1-2H3. The van der Waals surface area contributed by atoms with Crippen molar-refractivity contribution in [2.24, 2.45) is 5.73 Å². The minimum atomic E-state index is 0.474. The van der Waals surface area contributed by atoms with Gasteiger partial charge in [0.05, 0.1) is 0 Å². The summed E-state index contributed by atoms with van der Waals surface area (Å²) in [6.07, 6.45) is 0.774. The van der Waals surface area contributed by atoms with Crippen molar-refractivity contribution in [2.75, 3.05) is 6.54 Å². The smallest absolute Gasteiger partial charge is 0.132 e. The Morgan fingerprint density at radius 3 is 2.65 bits per heavy atom. The van der Waals surface area contributed by atoms with Crippen LogP contribution in [0.2, 0.25) is 5.02 Å². The largest absolute Gasteiger partial charge is 0.457 e. The summed E-state index contributed by atoms with van der Waals surface area (Å²) in [5.74, 6) is 2.09. The first-order valence-corrected chi connectivity index (χ1v) is 7.24. The lowest BCUT2D eigenvalue weighted by Crippen LogP contribution is -2.04. The summed E-state index contributed by atoms with van der Waals surface area (Å²) in [5.41, 5.74) is 7.97. The van der Waals surface area contributed by atoms with Gasteiger partial charge in [0.25, 0.3) is 0 Å². The lowest BCUT2D eigenvalue weighted by Gasteiger charge is -2.13. The highest BCUT2D eigenvalue weighted by Crippen LogP contribution is 2.30. The number of benzene rings is 2. The van der Waals surface area contributed by atoms with E-state index < -0.39 is 0 Å². The number of ether oxygens (including phenoxy) is 1. The average Bonchev–Trinajstić information content (AvgIpc) is 2.42. The number of hydrogen-bond donors (Lipinski definition) is 1. The topological polar surface area (TPSA) is 35.2 Å². The third-order valence-electron chi connectivity index (χ3n) is 3.20. The summed E-state index contributed by atoms with van der Waals surface area (Å²) in [4.78, 5) is 0.